The molecule has 0 saturated heterocycles. The van der Waals surface area contributed by atoms with Crippen molar-refractivity contribution in [3.63, 3.8) is 0 Å². The molecule has 0 amide bonds. The Hall–Kier alpha value is -0.620. The molecule has 20 heavy (non-hydrogen) atoms. The summed E-state index contributed by atoms with van der Waals surface area (Å²) in [5, 5.41) is 16.4. The molecule has 0 saturated carbocycles. The second-order valence-corrected chi connectivity index (χ2v) is 6.46. The normalized spacial score (nSPS) is 12.4. The van der Waals surface area contributed by atoms with Gasteiger partial charge < -0.3 is 10.4 Å². The monoisotopic (exact) mass is 315 g/mol. The van der Waals surface area contributed by atoms with Crippen LogP contribution in [0.1, 0.15) is 45.2 Å². The van der Waals surface area contributed by atoms with Crippen molar-refractivity contribution in [2.24, 2.45) is 0 Å². The third-order valence-electron chi connectivity index (χ3n) is 3.49. The number of hydrogen-bond donors (Lipinski definition) is 2. The summed E-state index contributed by atoms with van der Waals surface area (Å²) >= 11 is 7.72. The lowest BCUT2D eigenvalue weighted by Gasteiger charge is -2.27. The number of aromatic nitrogens is 2. The predicted molar refractivity (Wildman–Crippen MR) is 84.6 cm³/mol. The summed E-state index contributed by atoms with van der Waals surface area (Å²) in [6.45, 7) is 5.40. The maximum atomic E-state index is 10.6. The average Bonchev–Trinajstić information content (AvgIpc) is 2.93. The molecule has 2 aromatic rings. The van der Waals surface area contributed by atoms with Crippen molar-refractivity contribution < 1.29 is 5.11 Å². The van der Waals surface area contributed by atoms with E-state index in [1.807, 2.05) is 16.0 Å². The van der Waals surface area contributed by atoms with E-state index in [0.717, 1.165) is 36.3 Å². The molecule has 0 unspecified atom stereocenters. The molecule has 0 bridgehead atoms. The molecule has 0 atom stereocenters. The van der Waals surface area contributed by atoms with Crippen LogP contribution < -0.4 is 5.32 Å². The van der Waals surface area contributed by atoms with Crippen LogP contribution >= 0.6 is 22.9 Å². The molecule has 2 heterocycles. The van der Waals surface area contributed by atoms with Crippen LogP contribution in [0.2, 0.25) is 5.15 Å². The van der Waals surface area contributed by atoms with Gasteiger partial charge in [-0.05, 0) is 12.8 Å². The summed E-state index contributed by atoms with van der Waals surface area (Å²) < 4.78 is 2.00. The van der Waals surface area contributed by atoms with Crippen molar-refractivity contribution in [3.8, 4) is 0 Å². The van der Waals surface area contributed by atoms with Gasteiger partial charge in [0.2, 0.25) is 0 Å². The van der Waals surface area contributed by atoms with Crippen LogP contribution in [0.15, 0.2) is 11.6 Å². The SMILES string of the molecule is CCCC(O)(CCC)CNCc1c(Cl)nc2sccn12. The Morgan fingerprint density at radius 3 is 2.75 bits per heavy atom. The fraction of sp³-hybridized carbons (Fsp3) is 0.643. The lowest BCUT2D eigenvalue weighted by atomic mass is 9.92. The lowest BCUT2D eigenvalue weighted by molar-refractivity contribution is 0.0214. The van der Waals surface area contributed by atoms with E-state index in [1.165, 1.54) is 0 Å². The van der Waals surface area contributed by atoms with Gasteiger partial charge in [0.05, 0.1) is 11.3 Å². The van der Waals surface area contributed by atoms with Crippen LogP contribution in [0.5, 0.6) is 0 Å². The number of thiazole rings is 1. The molecule has 2 N–H and O–H groups in total. The van der Waals surface area contributed by atoms with Gasteiger partial charge >= 0.3 is 0 Å². The number of imidazole rings is 1. The lowest BCUT2D eigenvalue weighted by Crippen LogP contribution is -2.40. The molecule has 2 rings (SSSR count). The molecule has 0 aliphatic heterocycles. The minimum absolute atomic E-state index is 0.541. The number of hydrogen-bond acceptors (Lipinski definition) is 4. The minimum atomic E-state index is -0.617. The van der Waals surface area contributed by atoms with E-state index in [0.29, 0.717) is 18.2 Å². The molecule has 2 aromatic heterocycles. The van der Waals surface area contributed by atoms with Gasteiger partial charge in [-0.25, -0.2) is 4.98 Å². The molecular formula is C14H22ClN3OS. The van der Waals surface area contributed by atoms with Crippen molar-refractivity contribution in [1.82, 2.24) is 14.7 Å². The van der Waals surface area contributed by atoms with Crippen molar-refractivity contribution in [3.05, 3.63) is 22.4 Å². The third-order valence-corrected chi connectivity index (χ3v) is 4.55. The molecular weight excluding hydrogens is 294 g/mol. The Kier molecular flexibility index (Phi) is 5.43. The first kappa shape index (κ1) is 15.8. The molecule has 0 radical (unpaired) electrons. The van der Waals surface area contributed by atoms with Gasteiger partial charge in [0.1, 0.15) is 0 Å². The summed E-state index contributed by atoms with van der Waals surface area (Å²) in [6, 6.07) is 0. The van der Waals surface area contributed by atoms with Gasteiger partial charge in [-0.2, -0.15) is 0 Å². The highest BCUT2D eigenvalue weighted by atomic mass is 35.5. The van der Waals surface area contributed by atoms with Gasteiger partial charge in [0.15, 0.2) is 10.1 Å². The highest BCUT2D eigenvalue weighted by Gasteiger charge is 2.24. The van der Waals surface area contributed by atoms with E-state index in [9.17, 15) is 5.11 Å². The smallest absolute Gasteiger partial charge is 0.195 e. The van der Waals surface area contributed by atoms with E-state index < -0.39 is 5.60 Å². The van der Waals surface area contributed by atoms with Gasteiger partial charge in [-0.15, -0.1) is 11.3 Å². The molecule has 0 spiro atoms. The first-order valence-corrected chi connectivity index (χ1v) is 8.38. The molecule has 0 aliphatic rings. The van der Waals surface area contributed by atoms with Crippen molar-refractivity contribution in [1.29, 1.82) is 0 Å². The maximum Gasteiger partial charge on any atom is 0.195 e. The van der Waals surface area contributed by atoms with Crippen LogP contribution in [-0.2, 0) is 6.54 Å². The highest BCUT2D eigenvalue weighted by Crippen LogP contribution is 2.22. The van der Waals surface area contributed by atoms with Crippen LogP contribution in [0.3, 0.4) is 0 Å². The van der Waals surface area contributed by atoms with Crippen molar-refractivity contribution >= 4 is 27.9 Å². The Bertz CT molecular complexity index is 546. The second-order valence-electron chi connectivity index (χ2n) is 5.23. The largest absolute Gasteiger partial charge is 0.389 e. The summed E-state index contributed by atoms with van der Waals surface area (Å²) in [5.41, 5.74) is 0.340. The Labute approximate surface area is 128 Å². The van der Waals surface area contributed by atoms with E-state index in [2.05, 4.69) is 24.1 Å². The van der Waals surface area contributed by atoms with Gasteiger partial charge in [0, 0.05) is 24.7 Å². The van der Waals surface area contributed by atoms with Gasteiger partial charge in [-0.3, -0.25) is 4.40 Å². The zero-order chi connectivity index (χ0) is 14.6. The molecule has 0 aliphatic carbocycles. The number of rotatable bonds is 8. The fourth-order valence-electron chi connectivity index (χ4n) is 2.61. The average molecular weight is 316 g/mol. The Morgan fingerprint density at radius 1 is 1.40 bits per heavy atom. The van der Waals surface area contributed by atoms with E-state index in [-0.39, 0.29) is 0 Å². The number of nitrogens with one attached hydrogen (secondary N) is 1. The standard InChI is InChI=1S/C14H22ClN3OS/c1-3-5-14(19,6-4-2)10-16-9-11-12(15)17-13-18(11)7-8-20-13/h7-8,16,19H,3-6,9-10H2,1-2H3. The van der Waals surface area contributed by atoms with Crippen LogP contribution in [0.4, 0.5) is 0 Å². The van der Waals surface area contributed by atoms with E-state index >= 15 is 0 Å². The summed E-state index contributed by atoms with van der Waals surface area (Å²) in [5.74, 6) is 0. The van der Waals surface area contributed by atoms with Crippen molar-refractivity contribution in [2.75, 3.05) is 6.54 Å². The third kappa shape index (κ3) is 3.52. The van der Waals surface area contributed by atoms with E-state index in [1.54, 1.807) is 11.3 Å². The highest BCUT2D eigenvalue weighted by molar-refractivity contribution is 7.15. The summed E-state index contributed by atoms with van der Waals surface area (Å²) in [4.78, 5) is 5.21. The molecule has 0 aromatic carbocycles. The van der Waals surface area contributed by atoms with Gasteiger partial charge in [-0.1, -0.05) is 38.3 Å². The Balaban J connectivity index is 1.97. The fourth-order valence-corrected chi connectivity index (χ4v) is 3.63. The van der Waals surface area contributed by atoms with Crippen molar-refractivity contribution in [2.45, 2.75) is 51.7 Å². The first-order valence-electron chi connectivity index (χ1n) is 7.12. The first-order chi connectivity index (χ1) is 9.59. The summed E-state index contributed by atoms with van der Waals surface area (Å²) in [7, 11) is 0. The maximum absolute atomic E-state index is 10.6. The molecule has 4 nitrogen and oxygen atoms in total. The van der Waals surface area contributed by atoms with Gasteiger partial charge in [0.25, 0.3) is 0 Å². The molecule has 6 heteroatoms. The van der Waals surface area contributed by atoms with E-state index in [4.69, 9.17) is 11.6 Å². The predicted octanol–water partition coefficient (Wildman–Crippen LogP) is 3.47. The topological polar surface area (TPSA) is 49.6 Å². The Morgan fingerprint density at radius 2 is 2.10 bits per heavy atom. The van der Waals surface area contributed by atoms with Crippen LogP contribution in [-0.4, -0.2) is 26.6 Å². The minimum Gasteiger partial charge on any atom is -0.389 e. The number of nitrogens with zero attached hydrogens (tertiary/aromatic N) is 2. The molecule has 0 fully saturated rings. The zero-order valence-corrected chi connectivity index (χ0v) is 13.6. The molecule has 112 valence electrons. The zero-order valence-electron chi connectivity index (χ0n) is 12.0. The quantitative estimate of drug-likeness (QED) is 0.784. The van der Waals surface area contributed by atoms with Crippen LogP contribution in [0, 0.1) is 0 Å². The number of aliphatic hydroxyl groups is 1. The summed E-state index contributed by atoms with van der Waals surface area (Å²) in [6.07, 6.45) is 5.59. The second kappa shape index (κ2) is 6.89. The number of halogens is 1. The number of fused-ring (bicyclic) bond motifs is 1. The van der Waals surface area contributed by atoms with Crippen LogP contribution in [0.25, 0.3) is 4.96 Å².